The second kappa shape index (κ2) is 6.36. The number of likely N-dealkylation sites (N-methyl/N-ethyl adjacent to an activating group) is 1. The third-order valence-electron chi connectivity index (χ3n) is 2.33. The van der Waals surface area contributed by atoms with Gasteiger partial charge >= 0.3 is 0 Å². The third-order valence-corrected chi connectivity index (χ3v) is 3.27. The maximum atomic E-state index is 9.30. The van der Waals surface area contributed by atoms with Crippen LogP contribution in [0.5, 0.6) is 0 Å². The van der Waals surface area contributed by atoms with Crippen molar-refractivity contribution in [2.75, 3.05) is 24.2 Å². The normalized spacial score (nSPS) is 9.76. The zero-order valence-corrected chi connectivity index (χ0v) is 11.5. The van der Waals surface area contributed by atoms with Gasteiger partial charge in [0.1, 0.15) is 6.07 Å². The summed E-state index contributed by atoms with van der Waals surface area (Å²) in [5, 5.41) is 9.30. The van der Waals surface area contributed by atoms with Crippen LogP contribution in [0.25, 0.3) is 0 Å². The van der Waals surface area contributed by atoms with Crippen LogP contribution in [-0.4, -0.2) is 19.3 Å². The zero-order chi connectivity index (χ0) is 12.8. The van der Waals surface area contributed by atoms with Crippen molar-refractivity contribution in [2.45, 2.75) is 18.7 Å². The molecular weight excluding hydrogens is 228 g/mol. The van der Waals surface area contributed by atoms with Gasteiger partial charge in [-0.25, -0.2) is 0 Å². The lowest BCUT2D eigenvalue weighted by Crippen LogP contribution is -2.20. The van der Waals surface area contributed by atoms with E-state index < -0.39 is 0 Å². The molecule has 90 valence electrons. The van der Waals surface area contributed by atoms with Crippen molar-refractivity contribution in [3.63, 3.8) is 0 Å². The molecule has 0 saturated carbocycles. The summed E-state index contributed by atoms with van der Waals surface area (Å²) in [6.45, 7) is 8.76. The maximum absolute atomic E-state index is 9.30. The van der Waals surface area contributed by atoms with E-state index in [1.807, 2.05) is 32.2 Å². The molecule has 0 saturated heterocycles. The van der Waals surface area contributed by atoms with E-state index in [0.29, 0.717) is 0 Å². The minimum absolute atomic E-state index is 0.767. The van der Waals surface area contributed by atoms with Crippen molar-refractivity contribution in [2.24, 2.45) is 0 Å². The van der Waals surface area contributed by atoms with E-state index in [9.17, 15) is 5.26 Å². The molecule has 0 aromatic heterocycles. The van der Waals surface area contributed by atoms with E-state index in [-0.39, 0.29) is 0 Å². The highest BCUT2D eigenvalue weighted by Crippen LogP contribution is 2.29. The van der Waals surface area contributed by atoms with Crippen molar-refractivity contribution in [1.82, 2.24) is 0 Å². The first-order valence-electron chi connectivity index (χ1n) is 5.61. The molecule has 0 aliphatic rings. The maximum Gasteiger partial charge on any atom is 0.103 e. The van der Waals surface area contributed by atoms with Gasteiger partial charge in [0.25, 0.3) is 0 Å². The zero-order valence-electron chi connectivity index (χ0n) is 10.7. The molecule has 2 nitrogen and oxygen atoms in total. The van der Waals surface area contributed by atoms with Gasteiger partial charge < -0.3 is 4.90 Å². The third kappa shape index (κ3) is 3.54. The molecule has 0 aliphatic heterocycles. The monoisotopic (exact) mass is 246 g/mol. The van der Waals surface area contributed by atoms with Gasteiger partial charge in [0.2, 0.25) is 0 Å². The van der Waals surface area contributed by atoms with Crippen LogP contribution in [0.15, 0.2) is 35.2 Å². The Morgan fingerprint density at radius 2 is 2.24 bits per heavy atom. The Morgan fingerprint density at radius 3 is 2.76 bits per heavy atom. The predicted molar refractivity (Wildman–Crippen MR) is 75.6 cm³/mol. The van der Waals surface area contributed by atoms with Crippen molar-refractivity contribution in [1.29, 1.82) is 5.26 Å². The molecule has 0 spiro atoms. The second-order valence-electron chi connectivity index (χ2n) is 4.01. The second-order valence-corrected chi connectivity index (χ2v) is 5.31. The van der Waals surface area contributed by atoms with Gasteiger partial charge in [-0.05, 0) is 24.8 Å². The number of hydrogen-bond donors (Lipinski definition) is 0. The Kier molecular flexibility index (Phi) is 5.11. The highest BCUT2D eigenvalue weighted by Gasteiger charge is 2.11. The molecule has 0 amide bonds. The minimum atomic E-state index is 0.767. The first-order chi connectivity index (χ1) is 8.10. The summed E-state index contributed by atoms with van der Waals surface area (Å²) in [6, 6.07) is 8.31. The Labute approximate surface area is 108 Å². The van der Waals surface area contributed by atoms with Crippen molar-refractivity contribution < 1.29 is 0 Å². The van der Waals surface area contributed by atoms with Gasteiger partial charge in [-0.15, -0.1) is 11.8 Å². The number of nitriles is 1. The first kappa shape index (κ1) is 13.7. The van der Waals surface area contributed by atoms with Crippen molar-refractivity contribution in [3.05, 3.63) is 35.9 Å². The van der Waals surface area contributed by atoms with E-state index in [2.05, 4.69) is 24.5 Å². The van der Waals surface area contributed by atoms with Crippen molar-refractivity contribution in [3.8, 4) is 6.07 Å². The Balaban J connectivity index is 3.11. The van der Waals surface area contributed by atoms with Crippen LogP contribution < -0.4 is 4.90 Å². The highest BCUT2D eigenvalue weighted by atomic mass is 32.2. The molecule has 0 N–H and O–H groups in total. The van der Waals surface area contributed by atoms with Gasteiger partial charge in [0, 0.05) is 18.5 Å². The molecule has 0 radical (unpaired) electrons. The van der Waals surface area contributed by atoms with E-state index in [4.69, 9.17) is 0 Å². The Hall–Kier alpha value is -1.40. The number of rotatable bonds is 5. The standard InChI is InChI=1S/C14H18N2S/c1-5-17-14-8-6-7-13(12(14)9-15)16(4)10-11(2)3/h6-8H,2,5,10H2,1,3-4H3. The van der Waals surface area contributed by atoms with Gasteiger partial charge in [-0.1, -0.05) is 25.1 Å². The van der Waals surface area contributed by atoms with E-state index >= 15 is 0 Å². The molecule has 1 aromatic rings. The average Bonchev–Trinajstić information content (AvgIpc) is 2.28. The van der Waals surface area contributed by atoms with E-state index in [1.165, 1.54) is 0 Å². The van der Waals surface area contributed by atoms with Crippen LogP contribution in [0.1, 0.15) is 19.4 Å². The fourth-order valence-corrected chi connectivity index (χ4v) is 2.50. The predicted octanol–water partition coefficient (Wildman–Crippen LogP) is 3.68. The van der Waals surface area contributed by atoms with Crippen LogP contribution in [0, 0.1) is 11.3 Å². The summed E-state index contributed by atoms with van der Waals surface area (Å²) in [4.78, 5) is 3.13. The van der Waals surface area contributed by atoms with Crippen LogP contribution in [0.4, 0.5) is 5.69 Å². The molecule has 0 aliphatic carbocycles. The van der Waals surface area contributed by atoms with Gasteiger partial charge in [0.15, 0.2) is 0 Å². The van der Waals surface area contributed by atoms with Gasteiger partial charge in [-0.3, -0.25) is 0 Å². The highest BCUT2D eigenvalue weighted by molar-refractivity contribution is 7.99. The molecule has 3 heteroatoms. The number of thioether (sulfide) groups is 1. The van der Waals surface area contributed by atoms with Crippen LogP contribution in [-0.2, 0) is 0 Å². The summed E-state index contributed by atoms with van der Waals surface area (Å²) in [5.74, 6) is 0.975. The number of hydrogen-bond acceptors (Lipinski definition) is 3. The summed E-state index contributed by atoms with van der Waals surface area (Å²) in [5.41, 5.74) is 2.84. The Bertz CT molecular complexity index is 446. The lowest BCUT2D eigenvalue weighted by molar-refractivity contribution is 0.978. The molecule has 1 rings (SSSR count). The molecule has 0 heterocycles. The van der Waals surface area contributed by atoms with Crippen LogP contribution in [0.2, 0.25) is 0 Å². The molecule has 0 fully saturated rings. The fraction of sp³-hybridized carbons (Fsp3) is 0.357. The largest absolute Gasteiger partial charge is 0.370 e. The minimum Gasteiger partial charge on any atom is -0.370 e. The molecule has 0 bridgehead atoms. The lowest BCUT2D eigenvalue weighted by atomic mass is 10.1. The number of benzene rings is 1. The average molecular weight is 246 g/mol. The Morgan fingerprint density at radius 1 is 1.53 bits per heavy atom. The first-order valence-corrected chi connectivity index (χ1v) is 6.60. The van der Waals surface area contributed by atoms with Crippen LogP contribution in [0.3, 0.4) is 0 Å². The molecule has 0 atom stereocenters. The molecule has 1 aromatic carbocycles. The number of nitrogens with zero attached hydrogens (tertiary/aromatic N) is 2. The molecule has 0 unspecified atom stereocenters. The van der Waals surface area contributed by atoms with Crippen molar-refractivity contribution >= 4 is 17.4 Å². The number of anilines is 1. The summed E-state index contributed by atoms with van der Waals surface area (Å²) in [6.07, 6.45) is 0. The quantitative estimate of drug-likeness (QED) is 0.586. The van der Waals surface area contributed by atoms with E-state index in [0.717, 1.165) is 34.0 Å². The molecule has 17 heavy (non-hydrogen) atoms. The van der Waals surface area contributed by atoms with E-state index in [1.54, 1.807) is 11.8 Å². The van der Waals surface area contributed by atoms with Crippen LogP contribution >= 0.6 is 11.8 Å². The van der Waals surface area contributed by atoms with Gasteiger partial charge in [0.05, 0.1) is 11.3 Å². The lowest BCUT2D eigenvalue weighted by Gasteiger charge is -2.21. The SMILES string of the molecule is C=C(C)CN(C)c1cccc(SCC)c1C#N. The summed E-state index contributed by atoms with van der Waals surface area (Å²) < 4.78 is 0. The topological polar surface area (TPSA) is 27.0 Å². The summed E-state index contributed by atoms with van der Waals surface area (Å²) in [7, 11) is 1.99. The van der Waals surface area contributed by atoms with Gasteiger partial charge in [-0.2, -0.15) is 5.26 Å². The smallest absolute Gasteiger partial charge is 0.103 e. The fourth-order valence-electron chi connectivity index (χ4n) is 1.72. The summed E-state index contributed by atoms with van der Waals surface area (Å²) >= 11 is 1.71. The molecular formula is C14H18N2S.